The van der Waals surface area contributed by atoms with E-state index in [4.69, 9.17) is 9.47 Å². The number of esters is 2. The van der Waals surface area contributed by atoms with Crippen LogP contribution in [0.4, 0.5) is 0 Å². The first-order chi connectivity index (χ1) is 13.6. The third-order valence-corrected chi connectivity index (χ3v) is 6.75. The molecule has 2 N–H and O–H groups in total. The van der Waals surface area contributed by atoms with Crippen molar-refractivity contribution < 1.29 is 29.3 Å². The normalized spacial score (nSPS) is 38.8. The molecule has 3 rings (SSSR count). The number of rotatable bonds is 4. The molecular formula is C23H30O6. The van der Waals surface area contributed by atoms with Crippen LogP contribution in [0, 0.1) is 16.7 Å². The Kier molecular flexibility index (Phi) is 5.62. The number of carbonyl (C=O) groups excluding carboxylic acids is 2. The van der Waals surface area contributed by atoms with Gasteiger partial charge in [0.15, 0.2) is 5.60 Å². The van der Waals surface area contributed by atoms with Crippen LogP contribution in [0.1, 0.15) is 47.0 Å². The highest BCUT2D eigenvalue weighted by atomic mass is 16.7. The summed E-state index contributed by atoms with van der Waals surface area (Å²) in [5, 5.41) is 21.7. The first-order valence-corrected chi connectivity index (χ1v) is 10.1. The van der Waals surface area contributed by atoms with Gasteiger partial charge < -0.3 is 19.7 Å². The number of cyclic esters (lactones) is 1. The Morgan fingerprint density at radius 3 is 2.59 bits per heavy atom. The average molecular weight is 402 g/mol. The number of aliphatic hydroxyl groups is 2. The SMILES string of the molecule is C/C=C/C=C/C=C/C(=O)OC1C=C2C(O)OC(=O)[C@]2(O)[C@@]2(C)CCCC(C)(C)[C@H]12. The second-order valence-corrected chi connectivity index (χ2v) is 9.00. The van der Waals surface area contributed by atoms with Gasteiger partial charge in [-0.15, -0.1) is 0 Å². The number of allylic oxidation sites excluding steroid dienone is 5. The van der Waals surface area contributed by atoms with Crippen molar-refractivity contribution >= 4 is 11.9 Å². The van der Waals surface area contributed by atoms with E-state index in [9.17, 15) is 19.8 Å². The van der Waals surface area contributed by atoms with E-state index in [-0.39, 0.29) is 16.9 Å². The Bertz CT molecular complexity index is 804. The summed E-state index contributed by atoms with van der Waals surface area (Å²) in [6.07, 6.45) is 11.7. The smallest absolute Gasteiger partial charge is 0.345 e. The van der Waals surface area contributed by atoms with Crippen molar-refractivity contribution in [3.63, 3.8) is 0 Å². The van der Waals surface area contributed by atoms with E-state index in [0.29, 0.717) is 6.42 Å². The molecule has 0 amide bonds. The van der Waals surface area contributed by atoms with Crippen LogP contribution in [0.25, 0.3) is 0 Å². The van der Waals surface area contributed by atoms with Crippen LogP contribution in [0.3, 0.4) is 0 Å². The summed E-state index contributed by atoms with van der Waals surface area (Å²) < 4.78 is 10.7. The summed E-state index contributed by atoms with van der Waals surface area (Å²) in [5.41, 5.74) is -3.05. The minimum absolute atomic E-state index is 0.0775. The zero-order valence-corrected chi connectivity index (χ0v) is 17.4. The minimum atomic E-state index is -1.91. The fraction of sp³-hybridized carbons (Fsp3) is 0.565. The molecule has 0 aromatic rings. The number of carbonyl (C=O) groups is 2. The maximum atomic E-state index is 12.6. The maximum Gasteiger partial charge on any atom is 0.345 e. The molecule has 0 radical (unpaired) electrons. The number of hydrogen-bond donors (Lipinski definition) is 2. The van der Waals surface area contributed by atoms with Crippen molar-refractivity contribution in [2.24, 2.45) is 16.7 Å². The fourth-order valence-corrected chi connectivity index (χ4v) is 5.53. The maximum absolute atomic E-state index is 12.6. The first kappa shape index (κ1) is 21.5. The van der Waals surface area contributed by atoms with E-state index >= 15 is 0 Å². The number of fused-ring (bicyclic) bond motifs is 3. The third-order valence-electron chi connectivity index (χ3n) is 6.75. The molecule has 2 aliphatic carbocycles. The summed E-state index contributed by atoms with van der Waals surface area (Å²) >= 11 is 0. The Labute approximate surface area is 171 Å². The molecule has 0 bridgehead atoms. The monoisotopic (exact) mass is 402 g/mol. The number of hydrogen-bond acceptors (Lipinski definition) is 6. The summed E-state index contributed by atoms with van der Waals surface area (Å²) in [7, 11) is 0. The second kappa shape index (κ2) is 7.58. The molecule has 1 saturated heterocycles. The molecule has 0 spiro atoms. The Hall–Kier alpha value is -2.18. The predicted molar refractivity (Wildman–Crippen MR) is 107 cm³/mol. The molecule has 1 heterocycles. The zero-order valence-electron chi connectivity index (χ0n) is 17.4. The number of ether oxygens (including phenoxy) is 2. The van der Waals surface area contributed by atoms with E-state index in [1.54, 1.807) is 18.2 Å². The summed E-state index contributed by atoms with van der Waals surface area (Å²) in [4.78, 5) is 25.0. The Morgan fingerprint density at radius 1 is 1.21 bits per heavy atom. The Morgan fingerprint density at radius 2 is 1.90 bits per heavy atom. The molecule has 6 nitrogen and oxygen atoms in total. The van der Waals surface area contributed by atoms with Crippen molar-refractivity contribution in [3.8, 4) is 0 Å². The highest BCUT2D eigenvalue weighted by Crippen LogP contribution is 2.63. The van der Waals surface area contributed by atoms with Gasteiger partial charge in [0.1, 0.15) is 6.10 Å². The van der Waals surface area contributed by atoms with Crippen LogP contribution in [-0.4, -0.2) is 40.1 Å². The molecule has 0 aromatic heterocycles. The lowest BCUT2D eigenvalue weighted by Gasteiger charge is -2.59. The van der Waals surface area contributed by atoms with Crippen LogP contribution in [0.2, 0.25) is 0 Å². The van der Waals surface area contributed by atoms with Gasteiger partial charge in [0.25, 0.3) is 0 Å². The van der Waals surface area contributed by atoms with Crippen molar-refractivity contribution in [2.45, 2.75) is 65.0 Å². The molecular weight excluding hydrogens is 372 g/mol. The molecule has 5 atom stereocenters. The number of aliphatic hydroxyl groups excluding tert-OH is 1. The van der Waals surface area contributed by atoms with Gasteiger partial charge >= 0.3 is 11.9 Å². The van der Waals surface area contributed by atoms with E-state index in [1.807, 2.05) is 26.0 Å². The van der Waals surface area contributed by atoms with Crippen LogP contribution >= 0.6 is 0 Å². The van der Waals surface area contributed by atoms with Gasteiger partial charge in [0.2, 0.25) is 6.29 Å². The van der Waals surface area contributed by atoms with E-state index < -0.39 is 35.3 Å². The standard InChI is InChI=1S/C23H30O6/c1-5-6-7-8-9-11-17(24)28-16-14-15-19(25)29-20(26)23(15,27)22(4)13-10-12-21(2,3)18(16)22/h5-9,11,14,16,18-19,25,27H,10,12-13H2,1-4H3/b6-5+,8-7+,11-9+/t16?,18-,19?,22-,23-/m0/s1. The van der Waals surface area contributed by atoms with Crippen LogP contribution in [0.5, 0.6) is 0 Å². The summed E-state index contributed by atoms with van der Waals surface area (Å²) in [6, 6.07) is 0. The summed E-state index contributed by atoms with van der Waals surface area (Å²) in [5.74, 6) is -1.67. The first-order valence-electron chi connectivity index (χ1n) is 10.1. The van der Waals surface area contributed by atoms with Gasteiger partial charge in [-0.25, -0.2) is 9.59 Å². The van der Waals surface area contributed by atoms with Crippen molar-refractivity contribution in [1.82, 2.24) is 0 Å². The van der Waals surface area contributed by atoms with Gasteiger partial charge in [-0.3, -0.25) is 0 Å². The highest BCUT2D eigenvalue weighted by Gasteiger charge is 2.71. The zero-order chi connectivity index (χ0) is 21.4. The van der Waals surface area contributed by atoms with Crippen LogP contribution < -0.4 is 0 Å². The molecule has 3 aliphatic rings. The molecule has 6 heteroatoms. The minimum Gasteiger partial charge on any atom is -0.455 e. The van der Waals surface area contributed by atoms with Gasteiger partial charge in [-0.1, -0.05) is 57.6 Å². The highest BCUT2D eigenvalue weighted by molar-refractivity contribution is 5.89. The fourth-order valence-electron chi connectivity index (χ4n) is 5.53. The molecule has 2 unspecified atom stereocenters. The van der Waals surface area contributed by atoms with Crippen molar-refractivity contribution in [3.05, 3.63) is 48.1 Å². The molecule has 0 aromatic carbocycles. The molecule has 158 valence electrons. The topological polar surface area (TPSA) is 93.1 Å². The van der Waals surface area contributed by atoms with Gasteiger partial charge in [-0.2, -0.15) is 0 Å². The van der Waals surface area contributed by atoms with Crippen LogP contribution in [0.15, 0.2) is 48.1 Å². The molecule has 29 heavy (non-hydrogen) atoms. The predicted octanol–water partition coefficient (Wildman–Crippen LogP) is 2.97. The lowest BCUT2D eigenvalue weighted by atomic mass is 9.46. The van der Waals surface area contributed by atoms with E-state index in [0.717, 1.165) is 12.8 Å². The quantitative estimate of drug-likeness (QED) is 0.325. The molecule has 1 saturated carbocycles. The van der Waals surface area contributed by atoms with Gasteiger partial charge in [-0.05, 0) is 31.3 Å². The lowest BCUT2D eigenvalue weighted by molar-refractivity contribution is -0.195. The summed E-state index contributed by atoms with van der Waals surface area (Å²) in [6.45, 7) is 7.85. The van der Waals surface area contributed by atoms with Crippen molar-refractivity contribution in [1.29, 1.82) is 0 Å². The van der Waals surface area contributed by atoms with E-state index in [1.165, 1.54) is 12.2 Å². The van der Waals surface area contributed by atoms with E-state index in [2.05, 4.69) is 13.8 Å². The molecule has 1 aliphatic heterocycles. The van der Waals surface area contributed by atoms with Gasteiger partial charge in [0, 0.05) is 23.0 Å². The average Bonchev–Trinajstić information content (AvgIpc) is 2.85. The largest absolute Gasteiger partial charge is 0.455 e. The van der Waals surface area contributed by atoms with Gasteiger partial charge in [0.05, 0.1) is 0 Å². The van der Waals surface area contributed by atoms with Crippen LogP contribution in [-0.2, 0) is 19.1 Å². The Balaban J connectivity index is 1.98. The molecule has 2 fully saturated rings. The van der Waals surface area contributed by atoms with Crippen molar-refractivity contribution in [2.75, 3.05) is 0 Å². The second-order valence-electron chi connectivity index (χ2n) is 9.00. The third kappa shape index (κ3) is 3.38. The lowest BCUT2D eigenvalue weighted by Crippen LogP contribution is -2.65.